The van der Waals surface area contributed by atoms with E-state index >= 15 is 0 Å². The van der Waals surface area contributed by atoms with Crippen LogP contribution in [0, 0.1) is 11.8 Å². The van der Waals surface area contributed by atoms with Gasteiger partial charge < -0.3 is 4.90 Å². The number of carbonyl (C=O) groups excluding carboxylic acids is 1. The summed E-state index contributed by atoms with van der Waals surface area (Å²) in [7, 11) is 0. The van der Waals surface area contributed by atoms with Crippen LogP contribution in [0.15, 0.2) is 22.6 Å². The molecular formula is C16H21N3O2S. The summed E-state index contributed by atoms with van der Waals surface area (Å²) in [5.41, 5.74) is -0.0561. The first kappa shape index (κ1) is 15.2. The zero-order chi connectivity index (χ0) is 15.7. The van der Waals surface area contributed by atoms with Gasteiger partial charge in [-0.1, -0.05) is 13.8 Å². The number of nitrogens with zero attached hydrogens (tertiary/aromatic N) is 3. The molecule has 5 nitrogen and oxygen atoms in total. The number of likely N-dealkylation sites (tertiary alicyclic amines) is 1. The number of piperidine rings is 1. The number of fused-ring (bicyclic) bond motifs is 1. The lowest BCUT2D eigenvalue weighted by molar-refractivity contribution is -0.134. The van der Waals surface area contributed by atoms with Crippen molar-refractivity contribution in [3.05, 3.63) is 28.1 Å². The van der Waals surface area contributed by atoms with Crippen molar-refractivity contribution in [3.63, 3.8) is 0 Å². The number of thiophene rings is 1. The van der Waals surface area contributed by atoms with Crippen molar-refractivity contribution in [1.82, 2.24) is 14.5 Å². The Kier molecular flexibility index (Phi) is 4.29. The van der Waals surface area contributed by atoms with Crippen LogP contribution in [0.2, 0.25) is 0 Å². The van der Waals surface area contributed by atoms with Crippen molar-refractivity contribution in [2.75, 3.05) is 13.1 Å². The van der Waals surface area contributed by atoms with Crippen molar-refractivity contribution in [2.45, 2.75) is 33.2 Å². The number of aromatic nitrogens is 2. The third-order valence-electron chi connectivity index (χ3n) is 4.24. The van der Waals surface area contributed by atoms with E-state index in [-0.39, 0.29) is 11.5 Å². The Hall–Kier alpha value is -1.69. The fourth-order valence-corrected chi connectivity index (χ4v) is 4.02. The number of rotatable bonds is 3. The number of aryl methyl sites for hydroxylation is 1. The van der Waals surface area contributed by atoms with E-state index in [2.05, 4.69) is 18.8 Å². The Bertz CT molecular complexity index is 726. The van der Waals surface area contributed by atoms with Crippen molar-refractivity contribution in [3.8, 4) is 0 Å². The molecule has 0 bridgehead atoms. The zero-order valence-electron chi connectivity index (χ0n) is 13.0. The molecule has 0 aromatic carbocycles. The summed E-state index contributed by atoms with van der Waals surface area (Å²) in [6.07, 6.45) is 3.09. The molecule has 2 aromatic rings. The molecule has 0 N–H and O–H groups in total. The van der Waals surface area contributed by atoms with Gasteiger partial charge in [-0.25, -0.2) is 4.98 Å². The van der Waals surface area contributed by atoms with Crippen LogP contribution in [0.25, 0.3) is 10.2 Å². The number of hydrogen-bond donors (Lipinski definition) is 0. The summed E-state index contributed by atoms with van der Waals surface area (Å²) in [6.45, 7) is 6.44. The minimum absolute atomic E-state index is 0.0561. The standard InChI is InChI=1S/C16H21N3O2S/c1-11-7-12(2)9-19(8-11)14(20)3-5-18-10-17-15-13(16(18)21)4-6-22-15/h4,6,10-12H,3,5,7-9H2,1-2H3/t11-,12-/m1/s1. The monoisotopic (exact) mass is 319 g/mol. The zero-order valence-corrected chi connectivity index (χ0v) is 13.8. The van der Waals surface area contributed by atoms with E-state index < -0.39 is 0 Å². The maximum absolute atomic E-state index is 12.4. The molecule has 1 saturated heterocycles. The minimum Gasteiger partial charge on any atom is -0.342 e. The number of amides is 1. The SMILES string of the molecule is C[C@@H]1C[C@@H](C)CN(C(=O)CCn2cnc3sccc3c2=O)C1. The molecule has 6 heteroatoms. The lowest BCUT2D eigenvalue weighted by Crippen LogP contribution is -2.43. The van der Waals surface area contributed by atoms with Crippen molar-refractivity contribution in [2.24, 2.45) is 11.8 Å². The molecule has 3 heterocycles. The molecule has 0 saturated carbocycles. The smallest absolute Gasteiger partial charge is 0.262 e. The van der Waals surface area contributed by atoms with Crippen molar-refractivity contribution < 1.29 is 4.79 Å². The molecule has 2 atom stereocenters. The normalized spacial score (nSPS) is 22.2. The third-order valence-corrected chi connectivity index (χ3v) is 5.06. The van der Waals surface area contributed by atoms with Gasteiger partial charge in [0.15, 0.2) is 0 Å². The first-order chi connectivity index (χ1) is 10.5. The molecule has 1 amide bonds. The second-order valence-electron chi connectivity index (χ2n) is 6.38. The van der Waals surface area contributed by atoms with Gasteiger partial charge in [0, 0.05) is 26.1 Å². The molecule has 0 aliphatic carbocycles. The maximum Gasteiger partial charge on any atom is 0.262 e. The fraction of sp³-hybridized carbons (Fsp3) is 0.562. The molecule has 1 fully saturated rings. The van der Waals surface area contributed by atoms with E-state index in [1.54, 1.807) is 17.0 Å². The van der Waals surface area contributed by atoms with E-state index in [1.807, 2.05) is 10.3 Å². The van der Waals surface area contributed by atoms with E-state index in [9.17, 15) is 9.59 Å². The fourth-order valence-electron chi connectivity index (χ4n) is 3.29. The van der Waals surface area contributed by atoms with Crippen LogP contribution < -0.4 is 5.56 Å². The topological polar surface area (TPSA) is 55.2 Å². The van der Waals surface area contributed by atoms with E-state index in [4.69, 9.17) is 0 Å². The summed E-state index contributed by atoms with van der Waals surface area (Å²) in [6, 6.07) is 1.79. The quantitative estimate of drug-likeness (QED) is 0.872. The molecular weight excluding hydrogens is 298 g/mol. The summed E-state index contributed by atoms with van der Waals surface area (Å²) < 4.78 is 1.55. The predicted octanol–water partition coefficient (Wildman–Crippen LogP) is 2.35. The second kappa shape index (κ2) is 6.20. The highest BCUT2D eigenvalue weighted by Gasteiger charge is 2.25. The van der Waals surface area contributed by atoms with Crippen LogP contribution >= 0.6 is 11.3 Å². The van der Waals surface area contributed by atoms with Crippen LogP contribution in [-0.2, 0) is 11.3 Å². The molecule has 0 unspecified atom stereocenters. The summed E-state index contributed by atoms with van der Waals surface area (Å²) in [5.74, 6) is 1.24. The Labute approximate surface area is 133 Å². The maximum atomic E-state index is 12.4. The Morgan fingerprint density at radius 2 is 2.09 bits per heavy atom. The summed E-state index contributed by atoms with van der Waals surface area (Å²) in [5, 5.41) is 2.51. The summed E-state index contributed by atoms with van der Waals surface area (Å²) in [4.78, 5) is 31.6. The highest BCUT2D eigenvalue weighted by Crippen LogP contribution is 2.21. The van der Waals surface area contributed by atoms with Gasteiger partial charge >= 0.3 is 0 Å². The average molecular weight is 319 g/mol. The lowest BCUT2D eigenvalue weighted by Gasteiger charge is -2.35. The third kappa shape index (κ3) is 3.06. The van der Waals surface area contributed by atoms with E-state index in [1.165, 1.54) is 17.8 Å². The first-order valence-corrected chi connectivity index (χ1v) is 8.63. The van der Waals surface area contributed by atoms with Crippen LogP contribution in [0.5, 0.6) is 0 Å². The van der Waals surface area contributed by atoms with Crippen molar-refractivity contribution in [1.29, 1.82) is 0 Å². The molecule has 0 spiro atoms. The molecule has 3 rings (SSSR count). The van der Waals surface area contributed by atoms with Crippen LogP contribution in [0.4, 0.5) is 0 Å². The molecule has 0 radical (unpaired) electrons. The minimum atomic E-state index is -0.0561. The lowest BCUT2D eigenvalue weighted by atomic mass is 9.92. The largest absolute Gasteiger partial charge is 0.342 e. The predicted molar refractivity (Wildman–Crippen MR) is 88.0 cm³/mol. The summed E-state index contributed by atoms with van der Waals surface area (Å²) >= 11 is 1.46. The van der Waals surface area contributed by atoms with Crippen LogP contribution in [-0.4, -0.2) is 33.4 Å². The van der Waals surface area contributed by atoms with Crippen LogP contribution in [0.3, 0.4) is 0 Å². The van der Waals surface area contributed by atoms with Gasteiger partial charge in [0.1, 0.15) is 4.83 Å². The highest BCUT2D eigenvalue weighted by molar-refractivity contribution is 7.16. The number of hydrogen-bond acceptors (Lipinski definition) is 4. The molecule has 1 aliphatic rings. The van der Waals surface area contributed by atoms with Gasteiger partial charge in [-0.3, -0.25) is 14.2 Å². The molecule has 1 aliphatic heterocycles. The van der Waals surface area contributed by atoms with Gasteiger partial charge in [-0.05, 0) is 29.7 Å². The van der Waals surface area contributed by atoms with E-state index in [0.717, 1.165) is 17.9 Å². The Morgan fingerprint density at radius 1 is 1.36 bits per heavy atom. The Morgan fingerprint density at radius 3 is 2.82 bits per heavy atom. The molecule has 22 heavy (non-hydrogen) atoms. The second-order valence-corrected chi connectivity index (χ2v) is 7.27. The Balaban J connectivity index is 1.67. The van der Waals surface area contributed by atoms with E-state index in [0.29, 0.717) is 30.2 Å². The van der Waals surface area contributed by atoms with Gasteiger partial charge in [0.25, 0.3) is 5.56 Å². The van der Waals surface area contributed by atoms with Gasteiger partial charge in [0.05, 0.1) is 11.7 Å². The molecule has 118 valence electrons. The van der Waals surface area contributed by atoms with Crippen molar-refractivity contribution >= 4 is 27.5 Å². The average Bonchev–Trinajstić information content (AvgIpc) is 2.94. The van der Waals surface area contributed by atoms with Crippen LogP contribution in [0.1, 0.15) is 26.7 Å². The van der Waals surface area contributed by atoms with Gasteiger partial charge in [0.2, 0.25) is 5.91 Å². The number of carbonyl (C=O) groups is 1. The molecule has 2 aromatic heterocycles. The highest BCUT2D eigenvalue weighted by atomic mass is 32.1. The van der Waals surface area contributed by atoms with Gasteiger partial charge in [-0.2, -0.15) is 0 Å². The first-order valence-electron chi connectivity index (χ1n) is 7.75. The van der Waals surface area contributed by atoms with Gasteiger partial charge in [-0.15, -0.1) is 11.3 Å².